The highest BCUT2D eigenvalue weighted by Crippen LogP contribution is 2.36. The fourth-order valence-electron chi connectivity index (χ4n) is 4.62. The average molecular weight is 422 g/mol. The molecule has 0 saturated carbocycles. The number of pyridine rings is 1. The molecule has 0 radical (unpaired) electrons. The molecule has 11 nitrogen and oxygen atoms in total. The van der Waals surface area contributed by atoms with E-state index in [1.54, 1.807) is 27.4 Å². The third-order valence-corrected chi connectivity index (χ3v) is 6.01. The van der Waals surface area contributed by atoms with E-state index in [1.165, 1.54) is 12.4 Å². The molecule has 1 N–H and O–H groups in total. The molecule has 1 saturated heterocycles. The van der Waals surface area contributed by atoms with Crippen molar-refractivity contribution in [1.29, 1.82) is 0 Å². The molecular formula is C20H20N7O4-. The number of piperidine rings is 1. The molecule has 2 bridgehead atoms. The van der Waals surface area contributed by atoms with Gasteiger partial charge in [-0.3, -0.25) is 14.8 Å². The number of carbonyl (C=O) groups is 1. The summed E-state index contributed by atoms with van der Waals surface area (Å²) >= 11 is 0. The molecule has 1 fully saturated rings. The molecule has 2 atom stereocenters. The van der Waals surface area contributed by atoms with Gasteiger partial charge in [0.15, 0.2) is 0 Å². The molecule has 4 heterocycles. The maximum Gasteiger partial charge on any atom is 0.275 e. The second-order valence-corrected chi connectivity index (χ2v) is 8.05. The standard InChI is InChI=1S/C20H20N7O4/c28-19(15-3-1-13(2-4-15)9-25-12-21-22-23-25)24-8-14-7-16(11-24)17-5-6-18(27(30)31)20(29)26(17)10-14/h1-6,12,14,16,30H,7-11H2/q-1. The Morgan fingerprint density at radius 2 is 1.97 bits per heavy atom. The Morgan fingerprint density at radius 1 is 1.16 bits per heavy atom. The monoisotopic (exact) mass is 422 g/mol. The summed E-state index contributed by atoms with van der Waals surface area (Å²) in [7, 11) is 0. The molecule has 0 aliphatic carbocycles. The van der Waals surface area contributed by atoms with Crippen LogP contribution in [0.1, 0.15) is 34.0 Å². The first-order chi connectivity index (χ1) is 15.0. The number of carbonyl (C=O) groups excluding carboxylic acids is 1. The number of hydrogen-bond acceptors (Lipinski definition) is 8. The fraction of sp³-hybridized carbons (Fsp3) is 0.350. The number of fused-ring (bicyclic) bond motifs is 4. The fourth-order valence-corrected chi connectivity index (χ4v) is 4.62. The molecule has 31 heavy (non-hydrogen) atoms. The summed E-state index contributed by atoms with van der Waals surface area (Å²) in [5, 5.41) is 31.0. The Bertz CT molecular complexity index is 1160. The summed E-state index contributed by atoms with van der Waals surface area (Å²) < 4.78 is 3.17. The van der Waals surface area contributed by atoms with Gasteiger partial charge in [-0.2, -0.15) is 0 Å². The summed E-state index contributed by atoms with van der Waals surface area (Å²) in [5.41, 5.74) is 1.59. The summed E-state index contributed by atoms with van der Waals surface area (Å²) in [6, 6.07) is 10.4. The van der Waals surface area contributed by atoms with Crippen molar-refractivity contribution in [3.05, 3.63) is 75.1 Å². The first-order valence-corrected chi connectivity index (χ1v) is 9.98. The number of anilines is 1. The van der Waals surface area contributed by atoms with Crippen LogP contribution in [0.15, 0.2) is 47.5 Å². The summed E-state index contributed by atoms with van der Waals surface area (Å²) in [6.07, 6.45) is 2.42. The van der Waals surface area contributed by atoms with E-state index in [9.17, 15) is 14.8 Å². The Labute approximate surface area is 176 Å². The van der Waals surface area contributed by atoms with Crippen molar-refractivity contribution in [3.8, 4) is 0 Å². The first kappa shape index (κ1) is 19.4. The molecule has 1 aromatic carbocycles. The Kier molecular flexibility index (Phi) is 4.75. The summed E-state index contributed by atoms with van der Waals surface area (Å²) in [4.78, 5) is 27.5. The highest BCUT2D eigenvalue weighted by atomic mass is 16.8. The van der Waals surface area contributed by atoms with Crippen LogP contribution in [0.4, 0.5) is 5.69 Å². The molecule has 2 unspecified atom stereocenters. The van der Waals surface area contributed by atoms with E-state index in [4.69, 9.17) is 5.21 Å². The Morgan fingerprint density at radius 3 is 2.68 bits per heavy atom. The molecule has 160 valence electrons. The van der Waals surface area contributed by atoms with Crippen LogP contribution in [-0.4, -0.2) is 53.9 Å². The maximum atomic E-state index is 13.1. The zero-order chi connectivity index (χ0) is 21.5. The van der Waals surface area contributed by atoms with Crippen LogP contribution in [-0.2, 0) is 13.1 Å². The number of hydrogen-bond donors (Lipinski definition) is 1. The van der Waals surface area contributed by atoms with Crippen molar-refractivity contribution in [1.82, 2.24) is 29.7 Å². The molecule has 5 rings (SSSR count). The van der Waals surface area contributed by atoms with E-state index in [0.717, 1.165) is 17.7 Å². The Hall–Kier alpha value is -3.57. The van der Waals surface area contributed by atoms with E-state index in [0.29, 0.717) is 31.7 Å². The van der Waals surface area contributed by atoms with Gasteiger partial charge in [0.2, 0.25) is 0 Å². The summed E-state index contributed by atoms with van der Waals surface area (Å²) in [5.74, 6) is 0.0781. The van der Waals surface area contributed by atoms with Gasteiger partial charge in [-0.1, -0.05) is 12.1 Å². The smallest absolute Gasteiger partial charge is 0.275 e. The third kappa shape index (κ3) is 3.57. The molecule has 2 aliphatic rings. The number of tetrazole rings is 1. The lowest BCUT2D eigenvalue weighted by molar-refractivity contribution is 0.0594. The second-order valence-electron chi connectivity index (χ2n) is 8.05. The van der Waals surface area contributed by atoms with Crippen LogP contribution in [0, 0.1) is 11.1 Å². The molecular weight excluding hydrogens is 402 g/mol. The largest absolute Gasteiger partial charge is 0.733 e. The van der Waals surface area contributed by atoms with Crippen LogP contribution in [0.5, 0.6) is 0 Å². The maximum absolute atomic E-state index is 13.1. The highest BCUT2D eigenvalue weighted by Gasteiger charge is 2.37. The average Bonchev–Trinajstić information content (AvgIpc) is 3.27. The van der Waals surface area contributed by atoms with E-state index in [1.807, 2.05) is 17.0 Å². The number of benzene rings is 1. The quantitative estimate of drug-likeness (QED) is 0.612. The van der Waals surface area contributed by atoms with Gasteiger partial charge in [-0.15, -0.1) is 5.10 Å². The van der Waals surface area contributed by atoms with Gasteiger partial charge in [-0.25, -0.2) is 4.68 Å². The Balaban J connectivity index is 1.34. The van der Waals surface area contributed by atoms with Crippen LogP contribution in [0.3, 0.4) is 0 Å². The zero-order valence-electron chi connectivity index (χ0n) is 16.5. The number of rotatable bonds is 4. The van der Waals surface area contributed by atoms with Gasteiger partial charge < -0.3 is 19.9 Å². The summed E-state index contributed by atoms with van der Waals surface area (Å²) in [6.45, 7) is 1.98. The van der Waals surface area contributed by atoms with E-state index in [2.05, 4.69) is 15.5 Å². The number of nitrogens with zero attached hydrogens (tertiary/aromatic N) is 7. The first-order valence-electron chi connectivity index (χ1n) is 9.98. The molecule has 11 heteroatoms. The molecule has 3 aromatic rings. The van der Waals surface area contributed by atoms with Crippen molar-refractivity contribution in [2.75, 3.05) is 18.3 Å². The predicted octanol–water partition coefficient (Wildman–Crippen LogP) is 0.836. The van der Waals surface area contributed by atoms with Crippen molar-refractivity contribution < 1.29 is 10.0 Å². The van der Waals surface area contributed by atoms with Crippen LogP contribution < -0.4 is 10.8 Å². The minimum Gasteiger partial charge on any atom is -0.733 e. The zero-order valence-corrected chi connectivity index (χ0v) is 16.5. The number of likely N-dealkylation sites (tertiary alicyclic amines) is 1. The lowest BCUT2D eigenvalue weighted by Crippen LogP contribution is -2.49. The topological polar surface area (TPSA) is 132 Å². The van der Waals surface area contributed by atoms with Gasteiger partial charge >= 0.3 is 0 Å². The molecule has 0 spiro atoms. The highest BCUT2D eigenvalue weighted by molar-refractivity contribution is 5.94. The minimum absolute atomic E-state index is 0.0103. The van der Waals surface area contributed by atoms with Gasteiger partial charge in [0.1, 0.15) is 12.0 Å². The van der Waals surface area contributed by atoms with Crippen molar-refractivity contribution in [2.45, 2.75) is 25.4 Å². The molecule has 2 aromatic heterocycles. The van der Waals surface area contributed by atoms with E-state index < -0.39 is 10.8 Å². The van der Waals surface area contributed by atoms with Gasteiger partial charge in [0, 0.05) is 36.8 Å². The normalized spacial score (nSPS) is 19.7. The molecule has 1 amide bonds. The molecule has 2 aliphatic heterocycles. The predicted molar refractivity (Wildman–Crippen MR) is 108 cm³/mol. The lowest BCUT2D eigenvalue weighted by Gasteiger charge is -2.43. The number of amides is 1. The van der Waals surface area contributed by atoms with Crippen molar-refractivity contribution in [3.63, 3.8) is 0 Å². The van der Waals surface area contributed by atoms with Crippen LogP contribution in [0.2, 0.25) is 0 Å². The van der Waals surface area contributed by atoms with Crippen molar-refractivity contribution >= 4 is 11.6 Å². The van der Waals surface area contributed by atoms with Crippen LogP contribution in [0.25, 0.3) is 0 Å². The van der Waals surface area contributed by atoms with Gasteiger partial charge in [0.25, 0.3) is 11.5 Å². The van der Waals surface area contributed by atoms with Gasteiger partial charge in [-0.05, 0) is 52.6 Å². The van der Waals surface area contributed by atoms with Crippen molar-refractivity contribution in [2.24, 2.45) is 5.92 Å². The number of aromatic nitrogens is 5. The lowest BCUT2D eigenvalue weighted by atomic mass is 9.83. The van der Waals surface area contributed by atoms with Crippen LogP contribution >= 0.6 is 0 Å². The second kappa shape index (κ2) is 7.60. The third-order valence-electron chi connectivity index (χ3n) is 6.01. The van der Waals surface area contributed by atoms with Gasteiger partial charge in [0.05, 0.1) is 6.54 Å². The van der Waals surface area contributed by atoms with E-state index in [-0.39, 0.29) is 23.4 Å². The minimum atomic E-state index is -0.498. The SMILES string of the molecule is O=C(c1ccc(Cn2cnnn2)cc1)N1CC2CC(C1)c1ccc(N([O-])O)c(=O)n1C2. The van der Waals surface area contributed by atoms with E-state index >= 15 is 0 Å².